The summed E-state index contributed by atoms with van der Waals surface area (Å²) in [6.07, 6.45) is 4.18. The summed E-state index contributed by atoms with van der Waals surface area (Å²) in [5.41, 5.74) is 2.02. The van der Waals surface area contributed by atoms with E-state index in [4.69, 9.17) is 4.52 Å². The van der Waals surface area contributed by atoms with E-state index in [1.165, 1.54) is 0 Å². The summed E-state index contributed by atoms with van der Waals surface area (Å²) in [6.45, 7) is 7.69. The smallest absolute Gasteiger partial charge is 0.293 e. The molecular formula is C18H27N7O2. The maximum Gasteiger partial charge on any atom is 0.293 e. The first kappa shape index (κ1) is 18.9. The SMILES string of the molecule is CN=C(NCCc1c(C)noc1C)N1CCN(c2nccn(C)c2=O)CC1. The average Bonchev–Trinajstić information content (AvgIpc) is 2.99. The zero-order chi connectivity index (χ0) is 19.4. The van der Waals surface area contributed by atoms with Gasteiger partial charge in [0.25, 0.3) is 5.56 Å². The number of aromatic nitrogens is 3. The van der Waals surface area contributed by atoms with Crippen LogP contribution in [0.4, 0.5) is 5.82 Å². The Labute approximate surface area is 158 Å². The summed E-state index contributed by atoms with van der Waals surface area (Å²) >= 11 is 0. The first-order valence-corrected chi connectivity index (χ1v) is 9.15. The van der Waals surface area contributed by atoms with Crippen molar-refractivity contribution >= 4 is 11.8 Å². The number of nitrogens with one attached hydrogen (secondary N) is 1. The standard InChI is InChI=1S/C18H27N7O2/c1-13-15(14(2)27-22-13)5-6-21-18(19-3)25-11-9-24(10-12-25)16-17(26)23(4)8-7-20-16/h7-8H,5-6,9-12H2,1-4H3,(H,19,21). The van der Waals surface area contributed by atoms with Gasteiger partial charge in [-0.15, -0.1) is 0 Å². The molecule has 2 aromatic rings. The summed E-state index contributed by atoms with van der Waals surface area (Å²) in [6, 6.07) is 0. The van der Waals surface area contributed by atoms with Gasteiger partial charge in [-0.2, -0.15) is 0 Å². The van der Waals surface area contributed by atoms with Gasteiger partial charge in [0.15, 0.2) is 11.8 Å². The van der Waals surface area contributed by atoms with Crippen molar-refractivity contribution in [1.82, 2.24) is 24.9 Å². The summed E-state index contributed by atoms with van der Waals surface area (Å²) in [5, 5.41) is 7.41. The molecule has 0 saturated carbocycles. The molecule has 1 N–H and O–H groups in total. The Kier molecular flexibility index (Phi) is 5.78. The monoisotopic (exact) mass is 373 g/mol. The van der Waals surface area contributed by atoms with E-state index in [2.05, 4.69) is 25.3 Å². The Bertz CT molecular complexity index is 843. The molecule has 3 heterocycles. The van der Waals surface area contributed by atoms with Gasteiger partial charge in [0, 0.05) is 64.8 Å². The minimum atomic E-state index is -0.0621. The van der Waals surface area contributed by atoms with Gasteiger partial charge >= 0.3 is 0 Å². The molecule has 9 nitrogen and oxygen atoms in total. The van der Waals surface area contributed by atoms with Gasteiger partial charge in [-0.25, -0.2) is 4.98 Å². The van der Waals surface area contributed by atoms with Gasteiger partial charge in [0.05, 0.1) is 5.69 Å². The molecule has 2 aromatic heterocycles. The number of hydrogen-bond acceptors (Lipinski definition) is 6. The lowest BCUT2D eigenvalue weighted by atomic mass is 10.1. The highest BCUT2D eigenvalue weighted by molar-refractivity contribution is 5.80. The second-order valence-electron chi connectivity index (χ2n) is 6.67. The predicted octanol–water partition coefficient (Wildman–Crippen LogP) is 0.325. The summed E-state index contributed by atoms with van der Waals surface area (Å²) < 4.78 is 6.77. The Balaban J connectivity index is 1.54. The number of aliphatic imine (C=N–C) groups is 1. The van der Waals surface area contributed by atoms with Crippen LogP contribution in [0.25, 0.3) is 0 Å². The van der Waals surface area contributed by atoms with Crippen molar-refractivity contribution < 1.29 is 4.52 Å². The maximum atomic E-state index is 12.2. The largest absolute Gasteiger partial charge is 0.361 e. The van der Waals surface area contributed by atoms with Crippen LogP contribution in [-0.4, -0.2) is 65.3 Å². The van der Waals surface area contributed by atoms with Crippen LogP contribution in [0.5, 0.6) is 0 Å². The molecule has 1 aliphatic heterocycles. The van der Waals surface area contributed by atoms with E-state index >= 15 is 0 Å². The molecule has 27 heavy (non-hydrogen) atoms. The summed E-state index contributed by atoms with van der Waals surface area (Å²) in [4.78, 5) is 25.1. The van der Waals surface area contributed by atoms with Crippen LogP contribution in [0.3, 0.4) is 0 Å². The third-order valence-electron chi connectivity index (χ3n) is 4.93. The third kappa shape index (κ3) is 4.12. The van der Waals surface area contributed by atoms with Gasteiger partial charge in [0.1, 0.15) is 5.76 Å². The van der Waals surface area contributed by atoms with E-state index in [9.17, 15) is 4.79 Å². The number of anilines is 1. The molecule has 0 aliphatic carbocycles. The molecule has 0 radical (unpaired) electrons. The highest BCUT2D eigenvalue weighted by Gasteiger charge is 2.22. The third-order valence-corrected chi connectivity index (χ3v) is 4.93. The number of nitrogens with zero attached hydrogens (tertiary/aromatic N) is 6. The van der Waals surface area contributed by atoms with Crippen molar-refractivity contribution in [2.75, 3.05) is 44.7 Å². The van der Waals surface area contributed by atoms with E-state index in [1.807, 2.05) is 18.7 Å². The van der Waals surface area contributed by atoms with Crippen LogP contribution >= 0.6 is 0 Å². The lowest BCUT2D eigenvalue weighted by Crippen LogP contribution is -2.53. The molecule has 9 heteroatoms. The Morgan fingerprint density at radius 1 is 1.30 bits per heavy atom. The summed E-state index contributed by atoms with van der Waals surface area (Å²) in [5.74, 6) is 2.26. The van der Waals surface area contributed by atoms with E-state index in [0.717, 1.165) is 62.1 Å². The molecule has 0 atom stereocenters. The predicted molar refractivity (Wildman–Crippen MR) is 104 cm³/mol. The first-order valence-electron chi connectivity index (χ1n) is 9.15. The fourth-order valence-electron chi connectivity index (χ4n) is 3.32. The molecule has 3 rings (SSSR count). The normalized spacial score (nSPS) is 15.3. The quantitative estimate of drug-likeness (QED) is 0.610. The van der Waals surface area contributed by atoms with E-state index in [0.29, 0.717) is 5.82 Å². The van der Waals surface area contributed by atoms with E-state index in [1.54, 1.807) is 31.1 Å². The first-order chi connectivity index (χ1) is 13.0. The highest BCUT2D eigenvalue weighted by atomic mass is 16.5. The molecule has 0 aromatic carbocycles. The van der Waals surface area contributed by atoms with E-state index in [-0.39, 0.29) is 5.56 Å². The van der Waals surface area contributed by atoms with Gasteiger partial charge in [-0.1, -0.05) is 5.16 Å². The van der Waals surface area contributed by atoms with Crippen molar-refractivity contribution in [3.8, 4) is 0 Å². The van der Waals surface area contributed by atoms with Gasteiger partial charge < -0.3 is 24.2 Å². The second kappa shape index (κ2) is 8.24. The van der Waals surface area contributed by atoms with Crippen molar-refractivity contribution in [3.05, 3.63) is 39.8 Å². The van der Waals surface area contributed by atoms with Crippen molar-refractivity contribution in [2.24, 2.45) is 12.0 Å². The lowest BCUT2D eigenvalue weighted by molar-refractivity contribution is 0.371. The second-order valence-corrected chi connectivity index (χ2v) is 6.67. The van der Waals surface area contributed by atoms with Crippen LogP contribution in [0.15, 0.2) is 26.7 Å². The van der Waals surface area contributed by atoms with Gasteiger partial charge in [-0.05, 0) is 20.3 Å². The summed E-state index contributed by atoms with van der Waals surface area (Å²) in [7, 11) is 3.54. The molecule has 0 bridgehead atoms. The molecule has 1 saturated heterocycles. The average molecular weight is 373 g/mol. The number of rotatable bonds is 4. The Morgan fingerprint density at radius 3 is 2.67 bits per heavy atom. The topological polar surface area (TPSA) is 91.8 Å². The number of guanidine groups is 1. The lowest BCUT2D eigenvalue weighted by Gasteiger charge is -2.36. The molecular weight excluding hydrogens is 346 g/mol. The van der Waals surface area contributed by atoms with Gasteiger partial charge in [0.2, 0.25) is 0 Å². The van der Waals surface area contributed by atoms with Crippen molar-refractivity contribution in [3.63, 3.8) is 0 Å². The Hall–Kier alpha value is -2.84. The fraction of sp³-hybridized carbons (Fsp3) is 0.556. The maximum absolute atomic E-state index is 12.2. The van der Waals surface area contributed by atoms with Crippen LogP contribution in [0.1, 0.15) is 17.0 Å². The van der Waals surface area contributed by atoms with Crippen LogP contribution in [-0.2, 0) is 13.5 Å². The number of aryl methyl sites for hydroxylation is 3. The molecule has 1 fully saturated rings. The number of hydrogen-bond donors (Lipinski definition) is 1. The molecule has 146 valence electrons. The molecule has 0 amide bonds. The van der Waals surface area contributed by atoms with Crippen LogP contribution in [0.2, 0.25) is 0 Å². The molecule has 0 spiro atoms. The van der Waals surface area contributed by atoms with Crippen LogP contribution in [0, 0.1) is 13.8 Å². The molecule has 1 aliphatic rings. The number of piperazine rings is 1. The zero-order valence-corrected chi connectivity index (χ0v) is 16.4. The van der Waals surface area contributed by atoms with Crippen molar-refractivity contribution in [2.45, 2.75) is 20.3 Å². The Morgan fingerprint density at radius 2 is 2.04 bits per heavy atom. The minimum absolute atomic E-state index is 0.0621. The zero-order valence-electron chi connectivity index (χ0n) is 16.4. The van der Waals surface area contributed by atoms with Crippen LogP contribution < -0.4 is 15.8 Å². The molecule has 0 unspecified atom stereocenters. The minimum Gasteiger partial charge on any atom is -0.361 e. The van der Waals surface area contributed by atoms with Gasteiger partial charge in [-0.3, -0.25) is 9.79 Å². The fourth-order valence-corrected chi connectivity index (χ4v) is 3.32. The van der Waals surface area contributed by atoms with E-state index < -0.39 is 0 Å². The van der Waals surface area contributed by atoms with Crippen molar-refractivity contribution in [1.29, 1.82) is 0 Å². The highest BCUT2D eigenvalue weighted by Crippen LogP contribution is 2.12.